The van der Waals surface area contributed by atoms with Crippen LogP contribution in [0.1, 0.15) is 40.5 Å². The highest BCUT2D eigenvalue weighted by molar-refractivity contribution is 7.80. The smallest absolute Gasteiger partial charge is 0.173 e. The quantitative estimate of drug-likeness (QED) is 0.728. The average molecular weight is 292 g/mol. The number of nitrogens with one attached hydrogen (secondary N) is 1. The van der Waals surface area contributed by atoms with E-state index in [0.29, 0.717) is 11.8 Å². The molecule has 0 atom stereocenters. The van der Waals surface area contributed by atoms with E-state index in [1.165, 1.54) is 12.8 Å². The number of thiocarbonyl (C=S) groups is 1. The van der Waals surface area contributed by atoms with E-state index in [1.807, 2.05) is 18.2 Å². The molecule has 0 aliphatic rings. The summed E-state index contributed by atoms with van der Waals surface area (Å²) in [6.07, 6.45) is 2.35. The van der Waals surface area contributed by atoms with Crippen LogP contribution in [0, 0.1) is 11.8 Å². The van der Waals surface area contributed by atoms with Crippen molar-refractivity contribution < 1.29 is 0 Å². The summed E-state index contributed by atoms with van der Waals surface area (Å²) in [7, 11) is 0. The normalized spacial score (nSPS) is 10.9. The second-order valence-electron chi connectivity index (χ2n) is 6.15. The minimum atomic E-state index is 0.705. The first-order valence-corrected chi connectivity index (χ1v) is 8.01. The molecule has 0 saturated heterocycles. The highest BCUT2D eigenvalue weighted by Crippen LogP contribution is 2.11. The average Bonchev–Trinajstić information content (AvgIpc) is 2.39. The summed E-state index contributed by atoms with van der Waals surface area (Å²) in [5, 5.41) is 4.19. The number of nitrogens with zero attached hydrogens (tertiary/aromatic N) is 1. The van der Waals surface area contributed by atoms with E-state index >= 15 is 0 Å². The maximum Gasteiger partial charge on any atom is 0.173 e. The standard InChI is InChI=1S/C17H28N2S/c1-14(2)10-12-19(13-11-15(3)4)17(20)18-16-8-6-5-7-9-16/h5-9,14-15H,10-13H2,1-4H3,(H,18,20). The van der Waals surface area contributed by atoms with Crippen molar-refractivity contribution in [2.45, 2.75) is 40.5 Å². The first kappa shape index (κ1) is 17.0. The molecule has 0 bridgehead atoms. The molecule has 2 nitrogen and oxygen atoms in total. The fraction of sp³-hybridized carbons (Fsp3) is 0.588. The molecule has 0 aliphatic heterocycles. The lowest BCUT2D eigenvalue weighted by Gasteiger charge is -2.27. The van der Waals surface area contributed by atoms with Crippen LogP contribution in [0.25, 0.3) is 0 Å². The number of benzene rings is 1. The van der Waals surface area contributed by atoms with Gasteiger partial charge in [0.15, 0.2) is 5.11 Å². The van der Waals surface area contributed by atoms with Gasteiger partial charge in [-0.25, -0.2) is 0 Å². The van der Waals surface area contributed by atoms with Crippen LogP contribution in [0.2, 0.25) is 0 Å². The Morgan fingerprint density at radius 2 is 1.50 bits per heavy atom. The maximum atomic E-state index is 5.58. The van der Waals surface area contributed by atoms with Crippen LogP contribution >= 0.6 is 12.2 Å². The van der Waals surface area contributed by atoms with Crippen molar-refractivity contribution in [3.05, 3.63) is 30.3 Å². The van der Waals surface area contributed by atoms with Gasteiger partial charge in [0.25, 0.3) is 0 Å². The van der Waals surface area contributed by atoms with Crippen molar-refractivity contribution in [2.75, 3.05) is 18.4 Å². The van der Waals surface area contributed by atoms with Crippen LogP contribution < -0.4 is 5.32 Å². The van der Waals surface area contributed by atoms with Crippen molar-refractivity contribution in [3.8, 4) is 0 Å². The Balaban J connectivity index is 2.58. The summed E-state index contributed by atoms with van der Waals surface area (Å²) in [5.74, 6) is 1.41. The van der Waals surface area contributed by atoms with E-state index in [1.54, 1.807) is 0 Å². The second-order valence-corrected chi connectivity index (χ2v) is 6.53. The van der Waals surface area contributed by atoms with Gasteiger partial charge in [-0.3, -0.25) is 0 Å². The summed E-state index contributed by atoms with van der Waals surface area (Å²) < 4.78 is 0. The summed E-state index contributed by atoms with van der Waals surface area (Å²) in [4.78, 5) is 2.31. The SMILES string of the molecule is CC(C)CCN(CCC(C)C)C(=S)Nc1ccccc1. The number of rotatable bonds is 7. The van der Waals surface area contributed by atoms with Crippen LogP contribution in [-0.2, 0) is 0 Å². The zero-order chi connectivity index (χ0) is 15.0. The molecule has 1 rings (SSSR count). The lowest BCUT2D eigenvalue weighted by Crippen LogP contribution is -2.37. The molecular formula is C17H28N2S. The maximum absolute atomic E-state index is 5.58. The van der Waals surface area contributed by atoms with Gasteiger partial charge in [-0.1, -0.05) is 45.9 Å². The van der Waals surface area contributed by atoms with Crippen LogP contribution in [0.3, 0.4) is 0 Å². The fourth-order valence-corrected chi connectivity index (χ4v) is 2.17. The molecule has 0 spiro atoms. The Morgan fingerprint density at radius 1 is 1.00 bits per heavy atom. The molecule has 20 heavy (non-hydrogen) atoms. The lowest BCUT2D eigenvalue weighted by atomic mass is 10.1. The first-order valence-electron chi connectivity index (χ1n) is 7.60. The third-order valence-electron chi connectivity index (χ3n) is 3.27. The molecular weight excluding hydrogens is 264 g/mol. The monoisotopic (exact) mass is 292 g/mol. The summed E-state index contributed by atoms with van der Waals surface area (Å²) in [5.41, 5.74) is 1.07. The van der Waals surface area contributed by atoms with Crippen molar-refractivity contribution in [3.63, 3.8) is 0 Å². The predicted octanol–water partition coefficient (Wildman–Crippen LogP) is 4.78. The van der Waals surface area contributed by atoms with Gasteiger partial charge in [0.1, 0.15) is 0 Å². The molecule has 3 heteroatoms. The van der Waals surface area contributed by atoms with E-state index in [9.17, 15) is 0 Å². The number of anilines is 1. The predicted molar refractivity (Wildman–Crippen MR) is 93.1 cm³/mol. The van der Waals surface area contributed by atoms with Gasteiger partial charge in [0.2, 0.25) is 0 Å². The molecule has 0 heterocycles. The molecule has 0 fully saturated rings. The third kappa shape index (κ3) is 6.90. The molecule has 0 amide bonds. The summed E-state index contributed by atoms with van der Waals surface area (Å²) >= 11 is 5.58. The zero-order valence-corrected chi connectivity index (χ0v) is 14.0. The van der Waals surface area contributed by atoms with Crippen LogP contribution in [0.15, 0.2) is 30.3 Å². The van der Waals surface area contributed by atoms with E-state index in [-0.39, 0.29) is 0 Å². The van der Waals surface area contributed by atoms with E-state index in [4.69, 9.17) is 12.2 Å². The van der Waals surface area contributed by atoms with Crippen LogP contribution in [0.4, 0.5) is 5.69 Å². The van der Waals surface area contributed by atoms with Crippen LogP contribution in [0.5, 0.6) is 0 Å². The highest BCUT2D eigenvalue weighted by Gasteiger charge is 2.11. The Kier molecular flexibility index (Phi) is 7.60. The summed E-state index contributed by atoms with van der Waals surface area (Å²) in [6, 6.07) is 10.2. The Hall–Kier alpha value is -1.09. The largest absolute Gasteiger partial charge is 0.349 e. The molecule has 0 unspecified atom stereocenters. The van der Waals surface area contributed by atoms with Gasteiger partial charge in [-0.2, -0.15) is 0 Å². The minimum absolute atomic E-state index is 0.705. The van der Waals surface area contributed by atoms with Gasteiger partial charge in [-0.15, -0.1) is 0 Å². The molecule has 1 N–H and O–H groups in total. The Bertz CT molecular complexity index is 375. The van der Waals surface area contributed by atoms with Gasteiger partial charge in [0, 0.05) is 18.8 Å². The highest BCUT2D eigenvalue weighted by atomic mass is 32.1. The topological polar surface area (TPSA) is 15.3 Å². The van der Waals surface area contributed by atoms with Gasteiger partial charge in [0.05, 0.1) is 0 Å². The van der Waals surface area contributed by atoms with Crippen LogP contribution in [-0.4, -0.2) is 23.1 Å². The van der Waals surface area contributed by atoms with Crippen molar-refractivity contribution in [1.29, 1.82) is 0 Å². The van der Waals surface area contributed by atoms with Crippen molar-refractivity contribution >= 4 is 23.0 Å². The fourth-order valence-electron chi connectivity index (χ4n) is 1.87. The third-order valence-corrected chi connectivity index (χ3v) is 3.63. The minimum Gasteiger partial charge on any atom is -0.349 e. The van der Waals surface area contributed by atoms with E-state index in [0.717, 1.165) is 23.9 Å². The van der Waals surface area contributed by atoms with Crippen molar-refractivity contribution in [1.82, 2.24) is 4.90 Å². The van der Waals surface area contributed by atoms with E-state index < -0.39 is 0 Å². The van der Waals surface area contributed by atoms with Gasteiger partial charge >= 0.3 is 0 Å². The molecule has 112 valence electrons. The first-order chi connectivity index (χ1) is 9.49. The number of para-hydroxylation sites is 1. The molecule has 0 aliphatic carbocycles. The van der Waals surface area contributed by atoms with Gasteiger partial charge in [-0.05, 0) is 49.0 Å². The number of hydrogen-bond acceptors (Lipinski definition) is 1. The number of hydrogen-bond donors (Lipinski definition) is 1. The zero-order valence-electron chi connectivity index (χ0n) is 13.2. The molecule has 0 saturated carbocycles. The lowest BCUT2D eigenvalue weighted by molar-refractivity contribution is 0.358. The second kappa shape index (κ2) is 8.96. The molecule has 1 aromatic rings. The van der Waals surface area contributed by atoms with Crippen molar-refractivity contribution in [2.24, 2.45) is 11.8 Å². The molecule has 0 radical (unpaired) electrons. The van der Waals surface area contributed by atoms with Gasteiger partial charge < -0.3 is 10.2 Å². The molecule has 1 aromatic carbocycles. The Morgan fingerprint density at radius 3 is 1.95 bits per heavy atom. The summed E-state index contributed by atoms with van der Waals surface area (Å²) in [6.45, 7) is 11.1. The molecule has 0 aromatic heterocycles. The van der Waals surface area contributed by atoms with E-state index in [2.05, 4.69) is 50.0 Å². The Labute approximate surface area is 129 Å².